The third kappa shape index (κ3) is 2.06. The zero-order valence-electron chi connectivity index (χ0n) is 12.2. The number of hydrogen-bond acceptors (Lipinski definition) is 3. The Labute approximate surface area is 119 Å². The van der Waals surface area contributed by atoms with E-state index in [0.29, 0.717) is 0 Å². The Morgan fingerprint density at radius 1 is 1.30 bits per heavy atom. The van der Waals surface area contributed by atoms with Gasteiger partial charge in [0.2, 0.25) is 0 Å². The van der Waals surface area contributed by atoms with E-state index in [-0.39, 0.29) is 0 Å². The lowest BCUT2D eigenvalue weighted by Gasteiger charge is -2.26. The summed E-state index contributed by atoms with van der Waals surface area (Å²) in [5.74, 6) is 2.05. The molecule has 1 fully saturated rings. The van der Waals surface area contributed by atoms with E-state index in [9.17, 15) is 0 Å². The molecule has 0 radical (unpaired) electrons. The van der Waals surface area contributed by atoms with Crippen LogP contribution in [-0.2, 0) is 33.6 Å². The third-order valence-electron chi connectivity index (χ3n) is 4.48. The van der Waals surface area contributed by atoms with Gasteiger partial charge in [0.25, 0.3) is 0 Å². The van der Waals surface area contributed by atoms with Gasteiger partial charge in [-0.3, -0.25) is 9.58 Å². The minimum absolute atomic E-state index is 0.734. The molecule has 0 atom stereocenters. The second kappa shape index (κ2) is 4.45. The van der Waals surface area contributed by atoms with Crippen molar-refractivity contribution < 1.29 is 0 Å². The summed E-state index contributed by atoms with van der Waals surface area (Å²) in [6.07, 6.45) is 7.82. The lowest BCUT2D eigenvalue weighted by Crippen LogP contribution is -2.30. The van der Waals surface area contributed by atoms with Gasteiger partial charge in [0.1, 0.15) is 5.82 Å². The highest BCUT2D eigenvalue weighted by Gasteiger charge is 2.31. The van der Waals surface area contributed by atoms with Gasteiger partial charge >= 0.3 is 0 Å². The summed E-state index contributed by atoms with van der Waals surface area (Å²) in [5.41, 5.74) is 4.04. The average molecular weight is 271 g/mol. The summed E-state index contributed by atoms with van der Waals surface area (Å²) in [5, 5.41) is 4.25. The molecule has 4 rings (SSSR count). The first-order valence-corrected chi connectivity index (χ1v) is 7.45. The predicted molar refractivity (Wildman–Crippen MR) is 76.2 cm³/mol. The van der Waals surface area contributed by atoms with Gasteiger partial charge in [0, 0.05) is 63.5 Å². The van der Waals surface area contributed by atoms with Crippen LogP contribution in [0.5, 0.6) is 0 Å². The van der Waals surface area contributed by atoms with E-state index in [0.717, 1.165) is 32.0 Å². The molecule has 1 aliphatic carbocycles. The summed E-state index contributed by atoms with van der Waals surface area (Å²) in [6.45, 7) is 3.07. The normalized spacial score (nSPS) is 19.3. The van der Waals surface area contributed by atoms with Gasteiger partial charge in [-0.15, -0.1) is 0 Å². The van der Waals surface area contributed by atoms with E-state index in [1.54, 1.807) is 0 Å². The van der Waals surface area contributed by atoms with Crippen LogP contribution in [0.1, 0.15) is 41.5 Å². The highest BCUT2D eigenvalue weighted by Crippen LogP contribution is 2.40. The van der Waals surface area contributed by atoms with Crippen molar-refractivity contribution in [3.8, 4) is 0 Å². The molecule has 1 saturated carbocycles. The minimum Gasteiger partial charge on any atom is -0.335 e. The van der Waals surface area contributed by atoms with Crippen LogP contribution in [0.25, 0.3) is 0 Å². The maximum absolute atomic E-state index is 4.91. The summed E-state index contributed by atoms with van der Waals surface area (Å²) < 4.78 is 4.23. The van der Waals surface area contributed by atoms with Gasteiger partial charge < -0.3 is 4.57 Å². The number of rotatable bonds is 3. The van der Waals surface area contributed by atoms with Crippen LogP contribution in [0.4, 0.5) is 0 Å². The smallest absolute Gasteiger partial charge is 0.112 e. The molecule has 5 heteroatoms. The fourth-order valence-corrected chi connectivity index (χ4v) is 3.26. The monoisotopic (exact) mass is 271 g/mol. The first-order valence-electron chi connectivity index (χ1n) is 7.45. The van der Waals surface area contributed by atoms with Gasteiger partial charge in [-0.2, -0.15) is 5.10 Å². The average Bonchev–Trinajstić information content (AvgIpc) is 3.12. The van der Waals surface area contributed by atoms with Gasteiger partial charge in [-0.1, -0.05) is 0 Å². The molecule has 0 unspecified atom stereocenters. The summed E-state index contributed by atoms with van der Waals surface area (Å²) in [7, 11) is 4.16. The Kier molecular flexibility index (Phi) is 2.70. The highest BCUT2D eigenvalue weighted by molar-refractivity contribution is 5.24. The fraction of sp³-hybridized carbons (Fsp3) is 0.600. The van der Waals surface area contributed by atoms with Crippen molar-refractivity contribution >= 4 is 0 Å². The Morgan fingerprint density at radius 2 is 2.15 bits per heavy atom. The number of fused-ring (bicyclic) bond motifs is 1. The quantitative estimate of drug-likeness (QED) is 0.851. The maximum Gasteiger partial charge on any atom is 0.112 e. The number of aryl methyl sites for hydroxylation is 1. The summed E-state index contributed by atoms with van der Waals surface area (Å²) in [6, 6.07) is 0. The van der Waals surface area contributed by atoms with Gasteiger partial charge in [-0.25, -0.2) is 4.98 Å². The van der Waals surface area contributed by atoms with Gasteiger partial charge in [-0.05, 0) is 12.8 Å². The number of imidazole rings is 1. The van der Waals surface area contributed by atoms with Crippen molar-refractivity contribution in [2.75, 3.05) is 6.54 Å². The Bertz CT molecular complexity index is 635. The molecule has 0 N–H and O–H groups in total. The maximum atomic E-state index is 4.91. The van der Waals surface area contributed by atoms with Crippen molar-refractivity contribution in [3.63, 3.8) is 0 Å². The van der Waals surface area contributed by atoms with Crippen LogP contribution in [0.15, 0.2) is 12.4 Å². The summed E-state index contributed by atoms with van der Waals surface area (Å²) >= 11 is 0. The lowest BCUT2D eigenvalue weighted by molar-refractivity contribution is 0.240. The molecule has 0 saturated heterocycles. The first kappa shape index (κ1) is 12.1. The zero-order valence-corrected chi connectivity index (χ0v) is 12.2. The molecular formula is C15H21N5. The molecule has 2 aromatic heterocycles. The molecule has 0 spiro atoms. The van der Waals surface area contributed by atoms with Gasteiger partial charge in [0.05, 0.1) is 11.9 Å². The molecule has 0 aromatic carbocycles. The molecular weight excluding hydrogens is 250 g/mol. The van der Waals surface area contributed by atoms with E-state index < -0.39 is 0 Å². The van der Waals surface area contributed by atoms with E-state index in [4.69, 9.17) is 4.98 Å². The lowest BCUT2D eigenvalue weighted by atomic mass is 10.1. The van der Waals surface area contributed by atoms with Crippen LogP contribution in [-0.4, -0.2) is 30.8 Å². The van der Waals surface area contributed by atoms with Crippen LogP contribution in [0.2, 0.25) is 0 Å². The van der Waals surface area contributed by atoms with Crippen LogP contribution in [0.3, 0.4) is 0 Å². The van der Waals surface area contributed by atoms with Crippen molar-refractivity contribution in [2.24, 2.45) is 14.1 Å². The number of hydrogen-bond donors (Lipinski definition) is 0. The molecule has 106 valence electrons. The van der Waals surface area contributed by atoms with Crippen molar-refractivity contribution in [2.45, 2.75) is 38.3 Å². The minimum atomic E-state index is 0.734. The van der Waals surface area contributed by atoms with Gasteiger partial charge in [0.15, 0.2) is 0 Å². The molecule has 1 aliphatic heterocycles. The van der Waals surface area contributed by atoms with Crippen LogP contribution >= 0.6 is 0 Å². The topological polar surface area (TPSA) is 38.9 Å². The molecule has 0 bridgehead atoms. The standard InChI is InChI=1S/C15H21N5/c1-18-8-11(7-16-18)9-20-6-5-14-13(10-20)17-15(19(14)2)12-3-4-12/h7-8,12H,3-6,9-10H2,1-2H3. The van der Waals surface area contributed by atoms with Crippen LogP contribution < -0.4 is 0 Å². The van der Waals surface area contributed by atoms with Crippen molar-refractivity contribution in [3.05, 3.63) is 35.2 Å². The van der Waals surface area contributed by atoms with Crippen molar-refractivity contribution in [1.82, 2.24) is 24.2 Å². The van der Waals surface area contributed by atoms with E-state index in [1.165, 1.54) is 35.6 Å². The Hall–Kier alpha value is -1.62. The van der Waals surface area contributed by atoms with Crippen molar-refractivity contribution in [1.29, 1.82) is 0 Å². The highest BCUT2D eigenvalue weighted by atomic mass is 15.2. The largest absolute Gasteiger partial charge is 0.335 e. The fourth-order valence-electron chi connectivity index (χ4n) is 3.26. The van der Waals surface area contributed by atoms with E-state index >= 15 is 0 Å². The Morgan fingerprint density at radius 3 is 2.85 bits per heavy atom. The molecule has 3 heterocycles. The predicted octanol–water partition coefficient (Wildman–Crippen LogP) is 1.59. The molecule has 2 aromatic rings. The second-order valence-electron chi connectivity index (χ2n) is 6.18. The molecule has 20 heavy (non-hydrogen) atoms. The molecule has 0 amide bonds. The number of nitrogens with zero attached hydrogens (tertiary/aromatic N) is 5. The first-order chi connectivity index (χ1) is 9.70. The summed E-state index contributed by atoms with van der Waals surface area (Å²) in [4.78, 5) is 7.39. The van der Waals surface area contributed by atoms with E-state index in [2.05, 4.69) is 27.8 Å². The SMILES string of the molecule is Cn1cc(CN2CCc3c(nc(C4CC4)n3C)C2)cn1. The van der Waals surface area contributed by atoms with Crippen LogP contribution in [0, 0.1) is 0 Å². The Balaban J connectivity index is 1.52. The molecule has 2 aliphatic rings. The molecule has 5 nitrogen and oxygen atoms in total. The van der Waals surface area contributed by atoms with E-state index in [1.807, 2.05) is 17.9 Å². The second-order valence-corrected chi connectivity index (χ2v) is 6.18. The number of aromatic nitrogens is 4. The zero-order chi connectivity index (χ0) is 13.7. The third-order valence-corrected chi connectivity index (χ3v) is 4.48.